The summed E-state index contributed by atoms with van der Waals surface area (Å²) >= 11 is 6.12. The zero-order chi connectivity index (χ0) is 16.5. The molecule has 3 heterocycles. The van der Waals surface area contributed by atoms with E-state index in [1.54, 1.807) is 24.7 Å². The van der Waals surface area contributed by atoms with Crippen LogP contribution in [0.4, 0.5) is 11.5 Å². The molecular formula is C16H15ClN6O. The Morgan fingerprint density at radius 3 is 2.58 bits per heavy atom. The zero-order valence-electron chi connectivity index (χ0n) is 12.8. The maximum absolute atomic E-state index is 11.8. The van der Waals surface area contributed by atoms with Crippen LogP contribution in [0.2, 0.25) is 5.15 Å². The molecule has 3 aromatic rings. The molecular weight excluding hydrogens is 328 g/mol. The minimum atomic E-state index is -0.228. The van der Waals surface area contributed by atoms with E-state index in [9.17, 15) is 4.79 Å². The Hall–Kier alpha value is -2.67. The van der Waals surface area contributed by atoms with E-state index in [2.05, 4.69) is 30.0 Å². The van der Waals surface area contributed by atoms with Crippen molar-refractivity contribution in [1.82, 2.24) is 20.2 Å². The molecule has 1 N–H and O–H groups in total. The average molecular weight is 343 g/mol. The van der Waals surface area contributed by atoms with Gasteiger partial charge in [0.2, 0.25) is 0 Å². The SMILES string of the molecule is O=c1[nH]nc(Cl)c2cc(N3CCN(c4cnccn4)CC3)ccc12. The van der Waals surface area contributed by atoms with Crippen LogP contribution in [0.1, 0.15) is 0 Å². The molecule has 1 aliphatic rings. The molecule has 1 saturated heterocycles. The number of aromatic amines is 1. The van der Waals surface area contributed by atoms with Gasteiger partial charge in [0.15, 0.2) is 5.15 Å². The molecule has 1 aliphatic heterocycles. The second kappa shape index (κ2) is 6.09. The van der Waals surface area contributed by atoms with Crippen LogP contribution < -0.4 is 15.4 Å². The third-order valence-corrected chi connectivity index (χ3v) is 4.53. The molecule has 7 nitrogen and oxygen atoms in total. The lowest BCUT2D eigenvalue weighted by molar-refractivity contribution is 0.646. The normalized spacial score (nSPS) is 15.0. The largest absolute Gasteiger partial charge is 0.368 e. The third-order valence-electron chi connectivity index (χ3n) is 4.24. The lowest BCUT2D eigenvalue weighted by Gasteiger charge is -2.36. The summed E-state index contributed by atoms with van der Waals surface area (Å²) in [5.41, 5.74) is 0.809. The zero-order valence-corrected chi connectivity index (χ0v) is 13.6. The molecule has 2 aromatic heterocycles. The van der Waals surface area contributed by atoms with Gasteiger partial charge in [-0.15, -0.1) is 0 Å². The first kappa shape index (κ1) is 14.9. The fourth-order valence-electron chi connectivity index (χ4n) is 2.97. The summed E-state index contributed by atoms with van der Waals surface area (Å²) < 4.78 is 0. The van der Waals surface area contributed by atoms with Gasteiger partial charge in [0.05, 0.1) is 11.6 Å². The van der Waals surface area contributed by atoms with Gasteiger partial charge >= 0.3 is 0 Å². The maximum Gasteiger partial charge on any atom is 0.272 e. The summed E-state index contributed by atoms with van der Waals surface area (Å²) in [5, 5.41) is 7.76. The van der Waals surface area contributed by atoms with Gasteiger partial charge in [-0.1, -0.05) is 11.6 Å². The summed E-state index contributed by atoms with van der Waals surface area (Å²) in [5.74, 6) is 0.898. The van der Waals surface area contributed by atoms with E-state index in [1.807, 2.05) is 12.1 Å². The van der Waals surface area contributed by atoms with Crippen LogP contribution in [0.25, 0.3) is 10.8 Å². The summed E-state index contributed by atoms with van der Waals surface area (Å²) in [6.45, 7) is 3.43. The number of benzene rings is 1. The highest BCUT2D eigenvalue weighted by atomic mass is 35.5. The van der Waals surface area contributed by atoms with Crippen LogP contribution in [-0.4, -0.2) is 46.3 Å². The fourth-order valence-corrected chi connectivity index (χ4v) is 3.16. The standard InChI is InChI=1S/C16H15ClN6O/c17-15-13-9-11(1-2-12(13)16(24)21-20-15)22-5-7-23(8-6-22)14-10-18-3-4-19-14/h1-4,9-10H,5-8H2,(H,21,24). The van der Waals surface area contributed by atoms with Gasteiger partial charge in [-0.25, -0.2) is 10.1 Å². The topological polar surface area (TPSA) is 78.0 Å². The van der Waals surface area contributed by atoms with Crippen molar-refractivity contribution in [3.8, 4) is 0 Å². The number of fused-ring (bicyclic) bond motifs is 1. The van der Waals surface area contributed by atoms with Crippen molar-refractivity contribution < 1.29 is 0 Å². The summed E-state index contributed by atoms with van der Waals surface area (Å²) in [6, 6.07) is 5.68. The molecule has 0 bridgehead atoms. The molecule has 122 valence electrons. The van der Waals surface area contributed by atoms with Crippen molar-refractivity contribution in [1.29, 1.82) is 0 Å². The van der Waals surface area contributed by atoms with E-state index >= 15 is 0 Å². The number of rotatable bonds is 2. The van der Waals surface area contributed by atoms with Crippen molar-refractivity contribution in [3.63, 3.8) is 0 Å². The van der Waals surface area contributed by atoms with Gasteiger partial charge in [0.25, 0.3) is 5.56 Å². The molecule has 0 radical (unpaired) electrons. The number of aromatic nitrogens is 4. The number of nitrogens with zero attached hydrogens (tertiary/aromatic N) is 5. The van der Waals surface area contributed by atoms with E-state index in [-0.39, 0.29) is 5.56 Å². The first-order chi connectivity index (χ1) is 11.7. The summed E-state index contributed by atoms with van der Waals surface area (Å²) in [6.07, 6.45) is 5.16. The van der Waals surface area contributed by atoms with Crippen molar-refractivity contribution in [2.75, 3.05) is 36.0 Å². The van der Waals surface area contributed by atoms with Crippen LogP contribution in [0.15, 0.2) is 41.6 Å². The number of halogens is 1. The quantitative estimate of drug-likeness (QED) is 0.763. The minimum absolute atomic E-state index is 0.228. The molecule has 0 saturated carbocycles. The van der Waals surface area contributed by atoms with Gasteiger partial charge in [-0.2, -0.15) is 5.10 Å². The third kappa shape index (κ3) is 2.67. The molecule has 8 heteroatoms. The Balaban J connectivity index is 1.57. The van der Waals surface area contributed by atoms with Crippen LogP contribution >= 0.6 is 11.6 Å². The predicted octanol–water partition coefficient (Wildman–Crippen LogP) is 1.69. The Morgan fingerprint density at radius 2 is 1.83 bits per heavy atom. The second-order valence-corrected chi connectivity index (χ2v) is 5.97. The number of piperazine rings is 1. The molecule has 1 fully saturated rings. The first-order valence-electron chi connectivity index (χ1n) is 7.66. The molecule has 0 amide bonds. The Kier molecular flexibility index (Phi) is 3.78. The highest BCUT2D eigenvalue weighted by molar-refractivity contribution is 6.34. The smallest absolute Gasteiger partial charge is 0.272 e. The second-order valence-electron chi connectivity index (χ2n) is 5.61. The molecule has 0 aliphatic carbocycles. The van der Waals surface area contributed by atoms with E-state index in [0.717, 1.165) is 37.7 Å². The molecule has 4 rings (SSSR count). The van der Waals surface area contributed by atoms with Gasteiger partial charge in [0.1, 0.15) is 5.82 Å². The fraction of sp³-hybridized carbons (Fsp3) is 0.250. The van der Waals surface area contributed by atoms with Gasteiger partial charge in [-0.05, 0) is 18.2 Å². The Labute approximate surface area is 142 Å². The van der Waals surface area contributed by atoms with E-state index < -0.39 is 0 Å². The number of nitrogens with one attached hydrogen (secondary N) is 1. The summed E-state index contributed by atoms with van der Waals surface area (Å²) in [4.78, 5) is 24.7. The number of hydrogen-bond acceptors (Lipinski definition) is 6. The first-order valence-corrected chi connectivity index (χ1v) is 8.04. The van der Waals surface area contributed by atoms with Crippen molar-refractivity contribution in [2.45, 2.75) is 0 Å². The van der Waals surface area contributed by atoms with E-state index in [4.69, 9.17) is 11.6 Å². The van der Waals surface area contributed by atoms with Crippen LogP contribution in [0.3, 0.4) is 0 Å². The van der Waals surface area contributed by atoms with Crippen molar-refractivity contribution >= 4 is 33.9 Å². The molecule has 0 unspecified atom stereocenters. The molecule has 0 atom stereocenters. The van der Waals surface area contributed by atoms with Crippen LogP contribution in [0, 0.1) is 0 Å². The molecule has 24 heavy (non-hydrogen) atoms. The highest BCUT2D eigenvalue weighted by Gasteiger charge is 2.19. The minimum Gasteiger partial charge on any atom is -0.368 e. The number of anilines is 2. The average Bonchev–Trinajstić information content (AvgIpc) is 2.65. The lowest BCUT2D eigenvalue weighted by Crippen LogP contribution is -2.46. The van der Waals surface area contributed by atoms with Crippen molar-refractivity contribution in [3.05, 3.63) is 52.3 Å². The Morgan fingerprint density at radius 1 is 1.04 bits per heavy atom. The van der Waals surface area contributed by atoms with Crippen LogP contribution in [0.5, 0.6) is 0 Å². The highest BCUT2D eigenvalue weighted by Crippen LogP contribution is 2.25. The number of H-pyrrole nitrogens is 1. The Bertz CT molecular complexity index is 921. The number of hydrogen-bond donors (Lipinski definition) is 1. The lowest BCUT2D eigenvalue weighted by atomic mass is 10.1. The molecule has 1 aromatic carbocycles. The van der Waals surface area contributed by atoms with Gasteiger partial charge in [-0.3, -0.25) is 9.78 Å². The van der Waals surface area contributed by atoms with E-state index in [1.165, 1.54) is 0 Å². The van der Waals surface area contributed by atoms with E-state index in [0.29, 0.717) is 15.9 Å². The predicted molar refractivity (Wildman–Crippen MR) is 93.8 cm³/mol. The van der Waals surface area contributed by atoms with Crippen LogP contribution in [-0.2, 0) is 0 Å². The monoisotopic (exact) mass is 342 g/mol. The maximum atomic E-state index is 11.8. The van der Waals surface area contributed by atoms with Gasteiger partial charge < -0.3 is 9.80 Å². The summed E-state index contributed by atoms with van der Waals surface area (Å²) in [7, 11) is 0. The van der Waals surface area contributed by atoms with Gasteiger partial charge in [0, 0.05) is 49.6 Å². The van der Waals surface area contributed by atoms with Crippen molar-refractivity contribution in [2.24, 2.45) is 0 Å². The molecule has 0 spiro atoms.